The first-order valence-electron chi connectivity index (χ1n) is 4.76. The van der Waals surface area contributed by atoms with Gasteiger partial charge >= 0.3 is 0 Å². The van der Waals surface area contributed by atoms with Crippen molar-refractivity contribution in [3.05, 3.63) is 28.8 Å². The Morgan fingerprint density at radius 1 is 1.50 bits per heavy atom. The van der Waals surface area contributed by atoms with Crippen molar-refractivity contribution in [2.75, 3.05) is 11.4 Å². The summed E-state index contributed by atoms with van der Waals surface area (Å²) in [5, 5.41) is 8.94. The van der Waals surface area contributed by atoms with Gasteiger partial charge in [-0.15, -0.1) is 11.6 Å². The van der Waals surface area contributed by atoms with Gasteiger partial charge in [0.05, 0.1) is 27.7 Å². The van der Waals surface area contributed by atoms with Crippen molar-refractivity contribution in [1.82, 2.24) is 0 Å². The summed E-state index contributed by atoms with van der Waals surface area (Å²) in [6.45, 7) is 0.464. The van der Waals surface area contributed by atoms with E-state index >= 15 is 0 Å². The largest absolute Gasteiger partial charge is 0.309 e. The predicted molar refractivity (Wildman–Crippen MR) is 62.8 cm³/mol. The van der Waals surface area contributed by atoms with E-state index in [1.54, 1.807) is 23.1 Å². The number of anilines is 1. The highest BCUT2D eigenvalue weighted by Crippen LogP contribution is 2.31. The Hall–Kier alpha value is -1.24. The van der Waals surface area contributed by atoms with E-state index in [-0.39, 0.29) is 11.3 Å². The van der Waals surface area contributed by atoms with E-state index in [0.717, 1.165) is 0 Å². The second kappa shape index (κ2) is 4.32. The summed E-state index contributed by atoms with van der Waals surface area (Å²) in [6.07, 6.45) is 0.331. The molecule has 1 aliphatic rings. The third-order valence-electron chi connectivity index (χ3n) is 2.45. The summed E-state index contributed by atoms with van der Waals surface area (Å²) < 4.78 is 0. The normalized spacial score (nSPS) is 19.9. The smallest absolute Gasteiger partial charge is 0.228 e. The topological polar surface area (TPSA) is 44.1 Å². The molecule has 0 N–H and O–H groups in total. The van der Waals surface area contributed by atoms with Gasteiger partial charge in [0.2, 0.25) is 5.91 Å². The van der Waals surface area contributed by atoms with Gasteiger partial charge in [-0.3, -0.25) is 4.79 Å². The minimum Gasteiger partial charge on any atom is -0.309 e. The first-order chi connectivity index (χ1) is 7.61. The molecule has 1 atom stereocenters. The Labute approximate surface area is 103 Å². The molecule has 1 amide bonds. The van der Waals surface area contributed by atoms with E-state index in [1.807, 2.05) is 6.07 Å². The molecule has 0 spiro atoms. The number of halogens is 2. The van der Waals surface area contributed by atoms with Crippen LogP contribution in [0.1, 0.15) is 12.0 Å². The summed E-state index contributed by atoms with van der Waals surface area (Å²) in [6, 6.07) is 6.85. The molecular formula is C11H8Cl2N2O. The van der Waals surface area contributed by atoms with Gasteiger partial charge in [-0.2, -0.15) is 5.26 Å². The van der Waals surface area contributed by atoms with Crippen molar-refractivity contribution in [3.8, 4) is 6.07 Å². The summed E-state index contributed by atoms with van der Waals surface area (Å²) in [5.41, 5.74) is 1.09. The number of nitriles is 1. The van der Waals surface area contributed by atoms with Crippen molar-refractivity contribution in [3.63, 3.8) is 0 Å². The van der Waals surface area contributed by atoms with Crippen molar-refractivity contribution < 1.29 is 4.79 Å². The molecule has 0 saturated carbocycles. The Bertz CT molecular complexity index is 481. The summed E-state index contributed by atoms with van der Waals surface area (Å²) in [5.74, 6) is -0.0355. The number of nitrogens with zero attached hydrogens (tertiary/aromatic N) is 2. The van der Waals surface area contributed by atoms with Gasteiger partial charge in [0.15, 0.2) is 0 Å². The zero-order chi connectivity index (χ0) is 11.7. The SMILES string of the molecule is N#Cc1ccc(N2CC(Cl)CC2=O)c(Cl)c1. The second-order valence-electron chi connectivity index (χ2n) is 3.58. The molecule has 1 unspecified atom stereocenters. The van der Waals surface area contributed by atoms with E-state index in [0.29, 0.717) is 29.2 Å². The fourth-order valence-electron chi connectivity index (χ4n) is 1.69. The number of amides is 1. The lowest BCUT2D eigenvalue weighted by atomic mass is 10.2. The summed E-state index contributed by atoms with van der Waals surface area (Å²) in [4.78, 5) is 13.2. The van der Waals surface area contributed by atoms with Gasteiger partial charge < -0.3 is 4.90 Å². The van der Waals surface area contributed by atoms with Crippen LogP contribution in [0.25, 0.3) is 0 Å². The lowest BCUT2D eigenvalue weighted by Crippen LogP contribution is -2.24. The highest BCUT2D eigenvalue weighted by molar-refractivity contribution is 6.34. The number of alkyl halides is 1. The van der Waals surface area contributed by atoms with Crippen LogP contribution in [0.4, 0.5) is 5.69 Å². The zero-order valence-corrected chi connectivity index (χ0v) is 9.79. The molecule has 1 aromatic rings. The van der Waals surface area contributed by atoms with Gasteiger partial charge in [0, 0.05) is 13.0 Å². The molecule has 3 nitrogen and oxygen atoms in total. The third kappa shape index (κ3) is 1.99. The van der Waals surface area contributed by atoms with E-state index in [2.05, 4.69) is 0 Å². The zero-order valence-electron chi connectivity index (χ0n) is 8.28. The van der Waals surface area contributed by atoms with Crippen LogP contribution in [0, 0.1) is 11.3 Å². The van der Waals surface area contributed by atoms with Crippen LogP contribution < -0.4 is 4.90 Å². The molecule has 5 heteroatoms. The Morgan fingerprint density at radius 2 is 2.25 bits per heavy atom. The molecule has 1 aliphatic heterocycles. The molecule has 1 fully saturated rings. The third-order valence-corrected chi connectivity index (χ3v) is 3.04. The van der Waals surface area contributed by atoms with Crippen LogP contribution in [0.2, 0.25) is 5.02 Å². The average Bonchev–Trinajstić information content (AvgIpc) is 2.57. The Balaban J connectivity index is 2.35. The van der Waals surface area contributed by atoms with Crippen LogP contribution in [0.3, 0.4) is 0 Å². The molecule has 16 heavy (non-hydrogen) atoms. The standard InChI is InChI=1S/C11H8Cl2N2O/c12-8-4-11(16)15(6-8)10-2-1-7(5-14)3-9(10)13/h1-3,8H,4,6H2. The molecule has 1 heterocycles. The number of carbonyl (C=O) groups excluding carboxylic acids is 1. The molecule has 82 valence electrons. The van der Waals surface area contributed by atoms with E-state index in [9.17, 15) is 4.79 Å². The first-order valence-corrected chi connectivity index (χ1v) is 5.57. The second-order valence-corrected chi connectivity index (χ2v) is 4.61. The first kappa shape index (κ1) is 11.3. The Morgan fingerprint density at radius 3 is 2.75 bits per heavy atom. The minimum atomic E-state index is -0.167. The molecule has 0 radical (unpaired) electrons. The summed E-state index contributed by atoms with van der Waals surface area (Å²) in [7, 11) is 0. The molecule has 1 saturated heterocycles. The number of hydrogen-bond donors (Lipinski definition) is 0. The van der Waals surface area contributed by atoms with Crippen LogP contribution in [-0.4, -0.2) is 17.8 Å². The van der Waals surface area contributed by atoms with Crippen LogP contribution in [0.15, 0.2) is 18.2 Å². The van der Waals surface area contributed by atoms with E-state index in [1.165, 1.54) is 0 Å². The monoisotopic (exact) mass is 254 g/mol. The van der Waals surface area contributed by atoms with E-state index < -0.39 is 0 Å². The molecule has 0 aliphatic carbocycles. The quantitative estimate of drug-likeness (QED) is 0.724. The fourth-order valence-corrected chi connectivity index (χ4v) is 2.24. The average molecular weight is 255 g/mol. The predicted octanol–water partition coefficient (Wildman–Crippen LogP) is 2.56. The van der Waals surface area contributed by atoms with Crippen LogP contribution >= 0.6 is 23.2 Å². The van der Waals surface area contributed by atoms with Crippen LogP contribution in [0.5, 0.6) is 0 Å². The maximum atomic E-state index is 11.6. The summed E-state index contributed by atoms with van der Waals surface area (Å²) >= 11 is 11.9. The van der Waals surface area contributed by atoms with Crippen LogP contribution in [-0.2, 0) is 4.79 Å². The van der Waals surface area contributed by atoms with Crippen molar-refractivity contribution >= 4 is 34.8 Å². The number of benzene rings is 1. The van der Waals surface area contributed by atoms with Crippen molar-refractivity contribution in [2.24, 2.45) is 0 Å². The molecule has 0 aromatic heterocycles. The maximum absolute atomic E-state index is 11.6. The number of carbonyl (C=O) groups is 1. The Kier molecular flexibility index (Phi) is 3.04. The highest BCUT2D eigenvalue weighted by atomic mass is 35.5. The molecular weight excluding hydrogens is 247 g/mol. The molecule has 2 rings (SSSR count). The van der Waals surface area contributed by atoms with Crippen molar-refractivity contribution in [2.45, 2.75) is 11.8 Å². The van der Waals surface area contributed by atoms with Crippen molar-refractivity contribution in [1.29, 1.82) is 5.26 Å². The lowest BCUT2D eigenvalue weighted by Gasteiger charge is -2.17. The van der Waals surface area contributed by atoms with Gasteiger partial charge in [-0.1, -0.05) is 11.6 Å². The van der Waals surface area contributed by atoms with Gasteiger partial charge in [0.25, 0.3) is 0 Å². The number of rotatable bonds is 1. The highest BCUT2D eigenvalue weighted by Gasteiger charge is 2.30. The molecule has 0 bridgehead atoms. The van der Waals surface area contributed by atoms with Gasteiger partial charge in [-0.25, -0.2) is 0 Å². The fraction of sp³-hybridized carbons (Fsp3) is 0.273. The molecule has 1 aromatic carbocycles. The maximum Gasteiger partial charge on any atom is 0.228 e. The minimum absolute atomic E-state index is 0.0355. The van der Waals surface area contributed by atoms with Gasteiger partial charge in [-0.05, 0) is 18.2 Å². The number of hydrogen-bond acceptors (Lipinski definition) is 2. The lowest BCUT2D eigenvalue weighted by molar-refractivity contribution is -0.117. The van der Waals surface area contributed by atoms with E-state index in [4.69, 9.17) is 28.5 Å². The van der Waals surface area contributed by atoms with Gasteiger partial charge in [0.1, 0.15) is 0 Å².